The minimum Gasteiger partial charge on any atom is -0.454 e. The van der Waals surface area contributed by atoms with Gasteiger partial charge < -0.3 is 15.2 Å². The SMILES string of the molecule is NC1(c2ccc3c(c2)OCO3)CCCC1. The molecule has 3 rings (SSSR count). The minimum absolute atomic E-state index is 0.138. The minimum atomic E-state index is -0.138. The molecule has 80 valence electrons. The van der Waals surface area contributed by atoms with E-state index >= 15 is 0 Å². The van der Waals surface area contributed by atoms with Crippen molar-refractivity contribution in [2.75, 3.05) is 6.79 Å². The molecule has 3 heteroatoms. The lowest BCUT2D eigenvalue weighted by atomic mass is 9.89. The van der Waals surface area contributed by atoms with Crippen LogP contribution >= 0.6 is 0 Å². The lowest BCUT2D eigenvalue weighted by Gasteiger charge is -2.24. The Kier molecular flexibility index (Phi) is 1.89. The van der Waals surface area contributed by atoms with Crippen LogP contribution in [0.5, 0.6) is 11.5 Å². The molecular formula is C12H15NO2. The van der Waals surface area contributed by atoms with Crippen molar-refractivity contribution in [3.8, 4) is 11.5 Å². The summed E-state index contributed by atoms with van der Waals surface area (Å²) in [5.74, 6) is 1.67. The van der Waals surface area contributed by atoms with Gasteiger partial charge in [0.1, 0.15) is 0 Å². The second kappa shape index (κ2) is 3.14. The first-order valence-corrected chi connectivity index (χ1v) is 5.47. The van der Waals surface area contributed by atoms with E-state index in [9.17, 15) is 0 Å². The maximum absolute atomic E-state index is 6.38. The van der Waals surface area contributed by atoms with Crippen molar-refractivity contribution in [2.45, 2.75) is 31.2 Å². The Morgan fingerprint density at radius 2 is 1.80 bits per heavy atom. The van der Waals surface area contributed by atoms with Crippen LogP contribution in [0.2, 0.25) is 0 Å². The number of ether oxygens (including phenoxy) is 2. The Balaban J connectivity index is 1.98. The molecule has 0 atom stereocenters. The average molecular weight is 205 g/mol. The summed E-state index contributed by atoms with van der Waals surface area (Å²) in [7, 11) is 0. The third kappa shape index (κ3) is 1.38. The van der Waals surface area contributed by atoms with Gasteiger partial charge in [-0.15, -0.1) is 0 Å². The molecule has 0 radical (unpaired) electrons. The van der Waals surface area contributed by atoms with Crippen molar-refractivity contribution in [3.05, 3.63) is 23.8 Å². The predicted octanol–water partition coefficient (Wildman–Crippen LogP) is 2.14. The molecule has 0 unspecified atom stereocenters. The van der Waals surface area contributed by atoms with Crippen molar-refractivity contribution in [1.82, 2.24) is 0 Å². The van der Waals surface area contributed by atoms with Crippen LogP contribution in [-0.2, 0) is 5.54 Å². The Morgan fingerprint density at radius 1 is 1.07 bits per heavy atom. The number of nitrogens with two attached hydrogens (primary N) is 1. The normalized spacial score (nSPS) is 21.9. The van der Waals surface area contributed by atoms with Crippen molar-refractivity contribution in [1.29, 1.82) is 0 Å². The molecule has 1 aliphatic heterocycles. The van der Waals surface area contributed by atoms with Gasteiger partial charge >= 0.3 is 0 Å². The topological polar surface area (TPSA) is 44.5 Å². The van der Waals surface area contributed by atoms with Crippen LogP contribution < -0.4 is 15.2 Å². The molecule has 2 aliphatic rings. The number of benzene rings is 1. The van der Waals surface area contributed by atoms with Gasteiger partial charge in [0, 0.05) is 5.54 Å². The van der Waals surface area contributed by atoms with Crippen molar-refractivity contribution in [3.63, 3.8) is 0 Å². The van der Waals surface area contributed by atoms with Gasteiger partial charge in [-0.3, -0.25) is 0 Å². The van der Waals surface area contributed by atoms with Gasteiger partial charge in [-0.2, -0.15) is 0 Å². The van der Waals surface area contributed by atoms with Crippen LogP contribution in [0.4, 0.5) is 0 Å². The molecule has 0 bridgehead atoms. The highest BCUT2D eigenvalue weighted by Gasteiger charge is 2.32. The molecule has 1 aliphatic carbocycles. The molecule has 3 nitrogen and oxygen atoms in total. The number of rotatable bonds is 1. The summed E-state index contributed by atoms with van der Waals surface area (Å²) >= 11 is 0. The van der Waals surface area contributed by atoms with E-state index in [2.05, 4.69) is 6.07 Å². The highest BCUT2D eigenvalue weighted by atomic mass is 16.7. The Bertz CT molecular complexity index is 383. The van der Waals surface area contributed by atoms with Gasteiger partial charge in [-0.1, -0.05) is 18.9 Å². The molecule has 0 saturated heterocycles. The van der Waals surface area contributed by atoms with E-state index in [-0.39, 0.29) is 5.54 Å². The van der Waals surface area contributed by atoms with Crippen molar-refractivity contribution < 1.29 is 9.47 Å². The summed E-state index contributed by atoms with van der Waals surface area (Å²) in [6, 6.07) is 6.07. The van der Waals surface area contributed by atoms with Crippen molar-refractivity contribution in [2.24, 2.45) is 5.73 Å². The van der Waals surface area contributed by atoms with E-state index in [1.807, 2.05) is 12.1 Å². The fraction of sp³-hybridized carbons (Fsp3) is 0.500. The molecule has 2 N–H and O–H groups in total. The summed E-state index contributed by atoms with van der Waals surface area (Å²) in [5, 5.41) is 0. The summed E-state index contributed by atoms with van der Waals surface area (Å²) in [6.07, 6.45) is 4.61. The van der Waals surface area contributed by atoms with Crippen LogP contribution in [0.1, 0.15) is 31.2 Å². The van der Waals surface area contributed by atoms with E-state index < -0.39 is 0 Å². The molecule has 1 aromatic rings. The summed E-state index contributed by atoms with van der Waals surface area (Å²) < 4.78 is 10.7. The first-order valence-electron chi connectivity index (χ1n) is 5.47. The number of hydrogen-bond acceptors (Lipinski definition) is 3. The first-order chi connectivity index (χ1) is 7.28. The largest absolute Gasteiger partial charge is 0.454 e. The zero-order valence-electron chi connectivity index (χ0n) is 8.66. The number of fused-ring (bicyclic) bond motifs is 1. The van der Waals surface area contributed by atoms with E-state index in [4.69, 9.17) is 15.2 Å². The zero-order valence-corrected chi connectivity index (χ0v) is 8.66. The Hall–Kier alpha value is -1.22. The highest BCUT2D eigenvalue weighted by molar-refractivity contribution is 5.46. The van der Waals surface area contributed by atoms with Gasteiger partial charge in [0.25, 0.3) is 0 Å². The summed E-state index contributed by atoms with van der Waals surface area (Å²) in [6.45, 7) is 0.330. The van der Waals surface area contributed by atoms with E-state index in [1.54, 1.807) is 0 Å². The predicted molar refractivity (Wildman–Crippen MR) is 56.9 cm³/mol. The van der Waals surface area contributed by atoms with Gasteiger partial charge in [0.2, 0.25) is 6.79 Å². The van der Waals surface area contributed by atoms with Crippen LogP contribution in [0.15, 0.2) is 18.2 Å². The third-order valence-corrected chi connectivity index (χ3v) is 3.44. The van der Waals surface area contributed by atoms with E-state index in [0.29, 0.717) is 6.79 Å². The molecule has 15 heavy (non-hydrogen) atoms. The van der Waals surface area contributed by atoms with Crippen LogP contribution in [0.25, 0.3) is 0 Å². The maximum atomic E-state index is 6.38. The average Bonchev–Trinajstić information content (AvgIpc) is 2.85. The van der Waals surface area contributed by atoms with E-state index in [1.165, 1.54) is 18.4 Å². The molecule has 1 fully saturated rings. The fourth-order valence-corrected chi connectivity index (χ4v) is 2.50. The van der Waals surface area contributed by atoms with Gasteiger partial charge in [0.15, 0.2) is 11.5 Å². The lowest BCUT2D eigenvalue weighted by Crippen LogP contribution is -2.32. The lowest BCUT2D eigenvalue weighted by molar-refractivity contribution is 0.174. The highest BCUT2D eigenvalue weighted by Crippen LogP contribution is 2.41. The second-order valence-electron chi connectivity index (χ2n) is 4.43. The zero-order chi connectivity index (χ0) is 10.3. The fourth-order valence-electron chi connectivity index (χ4n) is 2.50. The third-order valence-electron chi connectivity index (χ3n) is 3.44. The van der Waals surface area contributed by atoms with Crippen molar-refractivity contribution >= 4 is 0 Å². The van der Waals surface area contributed by atoms with Crippen LogP contribution in [-0.4, -0.2) is 6.79 Å². The Morgan fingerprint density at radius 3 is 2.60 bits per heavy atom. The molecule has 0 spiro atoms. The van der Waals surface area contributed by atoms with Gasteiger partial charge in [0.05, 0.1) is 0 Å². The monoisotopic (exact) mass is 205 g/mol. The number of hydrogen-bond donors (Lipinski definition) is 1. The molecule has 0 amide bonds. The smallest absolute Gasteiger partial charge is 0.231 e. The van der Waals surface area contributed by atoms with Gasteiger partial charge in [-0.05, 0) is 30.5 Å². The second-order valence-corrected chi connectivity index (χ2v) is 4.43. The standard InChI is InChI=1S/C12H15NO2/c13-12(5-1-2-6-12)9-3-4-10-11(7-9)15-8-14-10/h3-4,7H,1-2,5-6,8,13H2. The molecule has 0 aromatic heterocycles. The van der Waals surface area contributed by atoms with Gasteiger partial charge in [-0.25, -0.2) is 0 Å². The van der Waals surface area contributed by atoms with E-state index in [0.717, 1.165) is 24.3 Å². The molecule has 1 heterocycles. The molecule has 1 saturated carbocycles. The summed E-state index contributed by atoms with van der Waals surface area (Å²) in [4.78, 5) is 0. The molecular weight excluding hydrogens is 190 g/mol. The molecule has 1 aromatic carbocycles. The first kappa shape index (κ1) is 9.04. The quantitative estimate of drug-likeness (QED) is 0.764. The van der Waals surface area contributed by atoms with Crippen LogP contribution in [0, 0.1) is 0 Å². The van der Waals surface area contributed by atoms with Crippen LogP contribution in [0.3, 0.4) is 0 Å². The summed E-state index contributed by atoms with van der Waals surface area (Å²) in [5.41, 5.74) is 7.42. The Labute approximate surface area is 89.2 Å². The maximum Gasteiger partial charge on any atom is 0.231 e.